The van der Waals surface area contributed by atoms with Gasteiger partial charge in [0.05, 0.1) is 0 Å². The fourth-order valence-corrected chi connectivity index (χ4v) is 0.981. The van der Waals surface area contributed by atoms with E-state index in [9.17, 15) is 9.18 Å². The quantitative estimate of drug-likeness (QED) is 0.780. The molecule has 0 aliphatic rings. The van der Waals surface area contributed by atoms with E-state index >= 15 is 0 Å². The summed E-state index contributed by atoms with van der Waals surface area (Å²) in [5.41, 5.74) is -0.647. The third kappa shape index (κ3) is 2.45. The number of benzene rings is 1. The minimum Gasteiger partial charge on any atom is -0.480 e. The number of hydrogen-bond acceptors (Lipinski definition) is 2. The van der Waals surface area contributed by atoms with Gasteiger partial charge >= 0.3 is 5.97 Å². The number of carboxylic acids is 1. The largest absolute Gasteiger partial charge is 0.480 e. The predicted octanol–water partition coefficient (Wildman–Crippen LogP) is 2.10. The first-order chi connectivity index (χ1) is 6.42. The van der Waals surface area contributed by atoms with Gasteiger partial charge in [-0.05, 0) is 32.0 Å². The molecular formula is C10H12FNO2. The lowest BCUT2D eigenvalue weighted by molar-refractivity contribution is -0.141. The average Bonchev–Trinajstić information content (AvgIpc) is 2.02. The monoisotopic (exact) mass is 197 g/mol. The van der Waals surface area contributed by atoms with Crippen molar-refractivity contribution in [1.82, 2.24) is 0 Å². The highest BCUT2D eigenvalue weighted by molar-refractivity contribution is 5.81. The molecule has 0 atom stereocenters. The molecule has 0 aliphatic heterocycles. The zero-order valence-corrected chi connectivity index (χ0v) is 8.04. The molecule has 0 amide bonds. The Labute approximate surface area is 81.6 Å². The van der Waals surface area contributed by atoms with Crippen molar-refractivity contribution in [1.29, 1.82) is 0 Å². The van der Waals surface area contributed by atoms with Gasteiger partial charge in [0.25, 0.3) is 0 Å². The standard InChI is InChI=1S/C10H12FNO2/c1-10(2,9(13)14)12-8-5-3-4-7(11)6-8/h3-6,12H,1-2H3,(H,13,14). The summed E-state index contributed by atoms with van der Waals surface area (Å²) in [6.45, 7) is 3.03. The molecule has 3 nitrogen and oxygen atoms in total. The van der Waals surface area contributed by atoms with Crippen molar-refractivity contribution in [3.8, 4) is 0 Å². The molecule has 14 heavy (non-hydrogen) atoms. The molecule has 2 N–H and O–H groups in total. The predicted molar refractivity (Wildman–Crippen MR) is 51.7 cm³/mol. The molecule has 76 valence electrons. The second kappa shape index (κ2) is 3.65. The van der Waals surface area contributed by atoms with Crippen LogP contribution in [-0.4, -0.2) is 16.6 Å². The van der Waals surface area contributed by atoms with Gasteiger partial charge in [-0.15, -0.1) is 0 Å². The lowest BCUT2D eigenvalue weighted by Gasteiger charge is -2.22. The van der Waals surface area contributed by atoms with E-state index in [1.165, 1.54) is 32.0 Å². The van der Waals surface area contributed by atoms with Gasteiger partial charge in [0, 0.05) is 5.69 Å². The number of anilines is 1. The maximum atomic E-state index is 12.8. The molecule has 0 unspecified atom stereocenters. The molecule has 0 saturated carbocycles. The van der Waals surface area contributed by atoms with Crippen molar-refractivity contribution in [2.24, 2.45) is 0 Å². The van der Waals surface area contributed by atoms with Gasteiger partial charge in [-0.2, -0.15) is 0 Å². The van der Waals surface area contributed by atoms with E-state index in [1.54, 1.807) is 6.07 Å². The highest BCUT2D eigenvalue weighted by Crippen LogP contribution is 2.15. The fourth-order valence-electron chi connectivity index (χ4n) is 0.981. The highest BCUT2D eigenvalue weighted by atomic mass is 19.1. The molecule has 0 spiro atoms. The molecule has 0 aromatic heterocycles. The first kappa shape index (κ1) is 10.5. The SMILES string of the molecule is CC(C)(Nc1cccc(F)c1)C(=O)O. The molecular weight excluding hydrogens is 185 g/mol. The maximum absolute atomic E-state index is 12.8. The average molecular weight is 197 g/mol. The third-order valence-corrected chi connectivity index (χ3v) is 1.82. The summed E-state index contributed by atoms with van der Waals surface area (Å²) >= 11 is 0. The molecule has 1 rings (SSSR count). The minimum absolute atomic E-state index is 0.392. The van der Waals surface area contributed by atoms with Gasteiger partial charge < -0.3 is 10.4 Å². The second-order valence-electron chi connectivity index (χ2n) is 3.57. The number of carbonyl (C=O) groups is 1. The Kier molecular flexibility index (Phi) is 2.74. The van der Waals surface area contributed by atoms with Crippen LogP contribution in [0.15, 0.2) is 24.3 Å². The van der Waals surface area contributed by atoms with Crippen molar-refractivity contribution in [2.45, 2.75) is 19.4 Å². The van der Waals surface area contributed by atoms with Crippen LogP contribution in [0.5, 0.6) is 0 Å². The van der Waals surface area contributed by atoms with E-state index < -0.39 is 17.3 Å². The molecule has 0 radical (unpaired) electrons. The molecule has 0 saturated heterocycles. The summed E-state index contributed by atoms with van der Waals surface area (Å²) in [7, 11) is 0. The summed E-state index contributed by atoms with van der Waals surface area (Å²) in [5, 5.41) is 11.5. The maximum Gasteiger partial charge on any atom is 0.328 e. The Morgan fingerprint density at radius 2 is 2.14 bits per heavy atom. The Hall–Kier alpha value is -1.58. The van der Waals surface area contributed by atoms with Crippen LogP contribution in [0.2, 0.25) is 0 Å². The molecule has 0 heterocycles. The lowest BCUT2D eigenvalue weighted by atomic mass is 10.1. The number of hydrogen-bond donors (Lipinski definition) is 2. The molecule has 0 aliphatic carbocycles. The fraction of sp³-hybridized carbons (Fsp3) is 0.300. The second-order valence-corrected chi connectivity index (χ2v) is 3.57. The van der Waals surface area contributed by atoms with Crippen LogP contribution in [-0.2, 0) is 4.79 Å². The molecule has 1 aromatic carbocycles. The lowest BCUT2D eigenvalue weighted by Crippen LogP contribution is -2.39. The van der Waals surface area contributed by atoms with Crippen molar-refractivity contribution in [2.75, 3.05) is 5.32 Å². The van der Waals surface area contributed by atoms with Crippen LogP contribution < -0.4 is 5.32 Å². The van der Waals surface area contributed by atoms with Gasteiger partial charge in [-0.3, -0.25) is 0 Å². The number of halogens is 1. The first-order valence-electron chi connectivity index (χ1n) is 4.19. The zero-order valence-electron chi connectivity index (χ0n) is 8.04. The summed E-state index contributed by atoms with van der Waals surface area (Å²) in [6, 6.07) is 5.70. The van der Waals surface area contributed by atoms with Gasteiger partial charge in [0.2, 0.25) is 0 Å². The van der Waals surface area contributed by atoms with E-state index in [2.05, 4.69) is 5.32 Å². The Bertz CT molecular complexity index is 350. The van der Waals surface area contributed by atoms with Crippen LogP contribution in [0.3, 0.4) is 0 Å². The van der Waals surface area contributed by atoms with Crippen LogP contribution in [0, 0.1) is 5.82 Å². The molecule has 0 fully saturated rings. The topological polar surface area (TPSA) is 49.3 Å². The molecule has 0 bridgehead atoms. The molecule has 4 heteroatoms. The molecule has 1 aromatic rings. The zero-order chi connectivity index (χ0) is 10.8. The first-order valence-corrected chi connectivity index (χ1v) is 4.19. The Morgan fingerprint density at radius 3 is 2.64 bits per heavy atom. The van der Waals surface area contributed by atoms with E-state index in [0.717, 1.165) is 0 Å². The van der Waals surface area contributed by atoms with Crippen LogP contribution in [0.1, 0.15) is 13.8 Å². The highest BCUT2D eigenvalue weighted by Gasteiger charge is 2.26. The van der Waals surface area contributed by atoms with Crippen molar-refractivity contribution >= 4 is 11.7 Å². The van der Waals surface area contributed by atoms with Crippen LogP contribution >= 0.6 is 0 Å². The van der Waals surface area contributed by atoms with Crippen molar-refractivity contribution in [3.05, 3.63) is 30.1 Å². The van der Waals surface area contributed by atoms with E-state index in [4.69, 9.17) is 5.11 Å². The normalized spacial score (nSPS) is 11.1. The number of nitrogens with one attached hydrogen (secondary N) is 1. The smallest absolute Gasteiger partial charge is 0.328 e. The van der Waals surface area contributed by atoms with Gasteiger partial charge in [-0.1, -0.05) is 6.07 Å². The van der Waals surface area contributed by atoms with Gasteiger partial charge in [0.1, 0.15) is 11.4 Å². The van der Waals surface area contributed by atoms with Gasteiger partial charge in [0.15, 0.2) is 0 Å². The summed E-state index contributed by atoms with van der Waals surface area (Å²) in [6.07, 6.45) is 0. The van der Waals surface area contributed by atoms with Crippen molar-refractivity contribution < 1.29 is 14.3 Å². The van der Waals surface area contributed by atoms with Crippen molar-refractivity contribution in [3.63, 3.8) is 0 Å². The summed E-state index contributed by atoms with van der Waals surface area (Å²) in [5.74, 6) is -1.38. The Morgan fingerprint density at radius 1 is 1.50 bits per heavy atom. The van der Waals surface area contributed by atoms with Crippen LogP contribution in [0.25, 0.3) is 0 Å². The number of carboxylic acid groups (broad SMARTS) is 1. The minimum atomic E-state index is -1.10. The summed E-state index contributed by atoms with van der Waals surface area (Å²) < 4.78 is 12.8. The van der Waals surface area contributed by atoms with E-state index in [1.807, 2.05) is 0 Å². The summed E-state index contributed by atoms with van der Waals surface area (Å²) in [4.78, 5) is 10.8. The third-order valence-electron chi connectivity index (χ3n) is 1.82. The number of aliphatic carboxylic acids is 1. The van der Waals surface area contributed by atoms with E-state index in [-0.39, 0.29) is 0 Å². The van der Waals surface area contributed by atoms with Gasteiger partial charge in [-0.25, -0.2) is 9.18 Å². The van der Waals surface area contributed by atoms with Crippen LogP contribution in [0.4, 0.5) is 10.1 Å². The number of rotatable bonds is 3. The van der Waals surface area contributed by atoms with E-state index in [0.29, 0.717) is 5.69 Å². The Balaban J connectivity index is 2.83.